The first kappa shape index (κ1) is 12.0. The van der Waals surface area contributed by atoms with Crippen LogP contribution in [0.15, 0.2) is 18.2 Å². The van der Waals surface area contributed by atoms with Crippen molar-refractivity contribution in [1.29, 1.82) is 0 Å². The molecule has 1 N–H and O–H groups in total. The molecule has 19 heavy (non-hydrogen) atoms. The Balaban J connectivity index is 2.04. The summed E-state index contributed by atoms with van der Waals surface area (Å²) in [4.78, 5) is 0. The molecule has 5 nitrogen and oxygen atoms in total. The zero-order chi connectivity index (χ0) is 13.4. The number of fused-ring (bicyclic) bond motifs is 1. The Morgan fingerprint density at radius 1 is 1.26 bits per heavy atom. The van der Waals surface area contributed by atoms with Gasteiger partial charge >= 0.3 is 0 Å². The molecule has 3 rings (SSSR count). The minimum atomic E-state index is 0.297. The second-order valence-electron chi connectivity index (χ2n) is 4.70. The van der Waals surface area contributed by atoms with Crippen LogP contribution in [0.3, 0.4) is 0 Å². The molecule has 0 fully saturated rings. The van der Waals surface area contributed by atoms with Crippen molar-refractivity contribution in [2.75, 3.05) is 13.8 Å². The molecule has 2 heterocycles. The van der Waals surface area contributed by atoms with E-state index in [0.29, 0.717) is 6.79 Å². The van der Waals surface area contributed by atoms with E-state index in [1.807, 2.05) is 30.9 Å². The van der Waals surface area contributed by atoms with Crippen molar-refractivity contribution in [1.82, 2.24) is 15.1 Å². The third-order valence-electron chi connectivity index (χ3n) is 3.33. The zero-order valence-corrected chi connectivity index (χ0v) is 11.4. The lowest BCUT2D eigenvalue weighted by atomic mass is 10.0. The van der Waals surface area contributed by atoms with Gasteiger partial charge in [0.1, 0.15) is 0 Å². The number of aryl methyl sites for hydroxylation is 2. The summed E-state index contributed by atoms with van der Waals surface area (Å²) < 4.78 is 12.7. The van der Waals surface area contributed by atoms with Crippen molar-refractivity contribution in [3.8, 4) is 22.8 Å². The van der Waals surface area contributed by atoms with Gasteiger partial charge in [-0.25, -0.2) is 0 Å². The van der Waals surface area contributed by atoms with Gasteiger partial charge in [0.2, 0.25) is 6.79 Å². The monoisotopic (exact) mass is 259 g/mol. The molecule has 5 heteroatoms. The number of hydrogen-bond acceptors (Lipinski definition) is 4. The summed E-state index contributed by atoms with van der Waals surface area (Å²) in [6, 6.07) is 6.11. The Bertz CT molecular complexity index is 619. The molecule has 0 unspecified atom stereocenters. The smallest absolute Gasteiger partial charge is 0.231 e. The lowest BCUT2D eigenvalue weighted by Gasteiger charge is -2.04. The number of ether oxygens (including phenoxy) is 2. The Hall–Kier alpha value is -2.01. The lowest BCUT2D eigenvalue weighted by Crippen LogP contribution is -2.09. The van der Waals surface area contributed by atoms with E-state index in [2.05, 4.69) is 23.4 Å². The maximum atomic E-state index is 5.43. The van der Waals surface area contributed by atoms with Gasteiger partial charge in [0, 0.05) is 19.2 Å². The first-order valence-electron chi connectivity index (χ1n) is 6.27. The third kappa shape index (κ3) is 2.06. The first-order chi connectivity index (χ1) is 9.19. The minimum Gasteiger partial charge on any atom is -0.454 e. The van der Waals surface area contributed by atoms with Crippen LogP contribution in [0.1, 0.15) is 11.3 Å². The van der Waals surface area contributed by atoms with Gasteiger partial charge in [-0.1, -0.05) is 0 Å². The molecule has 0 radical (unpaired) electrons. The van der Waals surface area contributed by atoms with E-state index in [1.54, 1.807) is 0 Å². The Morgan fingerprint density at radius 2 is 2.00 bits per heavy atom. The van der Waals surface area contributed by atoms with E-state index < -0.39 is 0 Å². The summed E-state index contributed by atoms with van der Waals surface area (Å²) in [6.07, 6.45) is 0. The van der Waals surface area contributed by atoms with Gasteiger partial charge in [-0.05, 0) is 37.7 Å². The highest BCUT2D eigenvalue weighted by Gasteiger charge is 2.18. The van der Waals surface area contributed by atoms with Crippen molar-refractivity contribution in [2.45, 2.75) is 13.5 Å². The second-order valence-corrected chi connectivity index (χ2v) is 4.70. The van der Waals surface area contributed by atoms with Gasteiger partial charge < -0.3 is 14.8 Å². The quantitative estimate of drug-likeness (QED) is 0.913. The van der Waals surface area contributed by atoms with Gasteiger partial charge in [-0.15, -0.1) is 0 Å². The average Bonchev–Trinajstić information content (AvgIpc) is 2.96. The van der Waals surface area contributed by atoms with Crippen molar-refractivity contribution < 1.29 is 9.47 Å². The van der Waals surface area contributed by atoms with Crippen LogP contribution in [0.25, 0.3) is 11.3 Å². The second kappa shape index (κ2) is 4.59. The Morgan fingerprint density at radius 3 is 2.74 bits per heavy atom. The van der Waals surface area contributed by atoms with Crippen LogP contribution in [0.5, 0.6) is 11.5 Å². The van der Waals surface area contributed by atoms with Crippen LogP contribution in [-0.2, 0) is 13.6 Å². The molecule has 0 saturated carbocycles. The predicted octanol–water partition coefficient (Wildman–Crippen LogP) is 1.84. The normalized spacial score (nSPS) is 13.0. The van der Waals surface area contributed by atoms with Crippen molar-refractivity contribution in [2.24, 2.45) is 7.05 Å². The molecule has 1 aromatic heterocycles. The molecule has 1 aliphatic rings. The van der Waals surface area contributed by atoms with Crippen molar-refractivity contribution in [3.05, 3.63) is 29.5 Å². The molecule has 1 aliphatic heterocycles. The molecule has 0 saturated heterocycles. The van der Waals surface area contributed by atoms with Gasteiger partial charge in [0.15, 0.2) is 11.5 Å². The highest BCUT2D eigenvalue weighted by atomic mass is 16.7. The number of aromatic nitrogens is 2. The molecule has 1 aromatic carbocycles. The molecule has 0 atom stereocenters. The Labute approximate surface area is 112 Å². The fourth-order valence-corrected chi connectivity index (χ4v) is 2.30. The van der Waals surface area contributed by atoms with Crippen LogP contribution in [0.4, 0.5) is 0 Å². The topological polar surface area (TPSA) is 48.3 Å². The van der Waals surface area contributed by atoms with Gasteiger partial charge in [-0.2, -0.15) is 5.10 Å². The molecule has 2 aromatic rings. The van der Waals surface area contributed by atoms with Crippen LogP contribution in [0.2, 0.25) is 0 Å². The van der Waals surface area contributed by atoms with E-state index in [0.717, 1.165) is 40.6 Å². The number of hydrogen-bond donors (Lipinski definition) is 1. The lowest BCUT2D eigenvalue weighted by molar-refractivity contribution is 0.174. The summed E-state index contributed by atoms with van der Waals surface area (Å²) in [5.41, 5.74) is 4.33. The summed E-state index contributed by atoms with van der Waals surface area (Å²) >= 11 is 0. The fourth-order valence-electron chi connectivity index (χ4n) is 2.30. The van der Waals surface area contributed by atoms with Crippen molar-refractivity contribution in [3.63, 3.8) is 0 Å². The summed E-state index contributed by atoms with van der Waals surface area (Å²) in [5.74, 6) is 1.61. The van der Waals surface area contributed by atoms with E-state index >= 15 is 0 Å². The van der Waals surface area contributed by atoms with Crippen LogP contribution < -0.4 is 14.8 Å². The number of nitrogens with zero attached hydrogens (tertiary/aromatic N) is 2. The first-order valence-corrected chi connectivity index (χ1v) is 6.27. The van der Waals surface area contributed by atoms with E-state index in [9.17, 15) is 0 Å². The third-order valence-corrected chi connectivity index (χ3v) is 3.33. The number of benzene rings is 1. The SMILES string of the molecule is CNCc1cc(-c2cc3c(cc2C)OCO3)nn1C. The van der Waals surface area contributed by atoms with E-state index in [-0.39, 0.29) is 0 Å². The van der Waals surface area contributed by atoms with Crippen LogP contribution >= 0.6 is 0 Å². The van der Waals surface area contributed by atoms with E-state index in [1.165, 1.54) is 0 Å². The highest BCUT2D eigenvalue weighted by Crippen LogP contribution is 2.38. The predicted molar refractivity (Wildman–Crippen MR) is 72.3 cm³/mol. The average molecular weight is 259 g/mol. The molecule has 0 aliphatic carbocycles. The summed E-state index contributed by atoms with van der Waals surface area (Å²) in [6.45, 7) is 3.16. The number of rotatable bonds is 3. The summed E-state index contributed by atoms with van der Waals surface area (Å²) in [5, 5.41) is 7.71. The van der Waals surface area contributed by atoms with Crippen molar-refractivity contribution >= 4 is 0 Å². The molecule has 0 bridgehead atoms. The largest absolute Gasteiger partial charge is 0.454 e. The van der Waals surface area contributed by atoms with Gasteiger partial charge in [0.25, 0.3) is 0 Å². The van der Waals surface area contributed by atoms with Crippen LogP contribution in [-0.4, -0.2) is 23.6 Å². The fraction of sp³-hybridized carbons (Fsp3) is 0.357. The Kier molecular flexibility index (Phi) is 2.91. The maximum absolute atomic E-state index is 5.43. The summed E-state index contributed by atoms with van der Waals surface area (Å²) in [7, 11) is 3.89. The standard InChI is InChI=1S/C14H17N3O2/c1-9-4-13-14(19-8-18-13)6-11(9)12-5-10(7-15-2)17(3)16-12/h4-6,15H,7-8H2,1-3H3. The highest BCUT2D eigenvalue weighted by molar-refractivity contribution is 5.68. The minimum absolute atomic E-state index is 0.297. The maximum Gasteiger partial charge on any atom is 0.231 e. The zero-order valence-electron chi connectivity index (χ0n) is 11.4. The molecule has 0 amide bonds. The molecule has 100 valence electrons. The molecule has 0 spiro atoms. The van der Waals surface area contributed by atoms with Gasteiger partial charge in [0.05, 0.1) is 11.4 Å². The molecular formula is C14H17N3O2. The number of nitrogens with one attached hydrogen (secondary N) is 1. The molecular weight excluding hydrogens is 242 g/mol. The van der Waals surface area contributed by atoms with Crippen LogP contribution in [0, 0.1) is 6.92 Å². The van der Waals surface area contributed by atoms with E-state index in [4.69, 9.17) is 9.47 Å². The van der Waals surface area contributed by atoms with Gasteiger partial charge in [-0.3, -0.25) is 4.68 Å².